The van der Waals surface area contributed by atoms with Crippen molar-refractivity contribution in [2.24, 2.45) is 0 Å². The van der Waals surface area contributed by atoms with Gasteiger partial charge in [0, 0.05) is 18.7 Å². The third kappa shape index (κ3) is 3.63. The number of Topliss-reactive ketones (excluding diaryl/α,β-unsaturated/α-hetero) is 1. The quantitative estimate of drug-likeness (QED) is 0.537. The fourth-order valence-corrected chi connectivity index (χ4v) is 4.20. The van der Waals surface area contributed by atoms with Crippen molar-refractivity contribution in [1.82, 2.24) is 4.90 Å². The highest BCUT2D eigenvalue weighted by atomic mass is 19.1. The van der Waals surface area contributed by atoms with Crippen molar-refractivity contribution in [1.29, 1.82) is 0 Å². The number of ketones is 1. The molecule has 2 aliphatic rings. The first-order chi connectivity index (χ1) is 15.5. The van der Waals surface area contributed by atoms with Crippen LogP contribution in [0.5, 0.6) is 17.2 Å². The lowest BCUT2D eigenvalue weighted by Gasteiger charge is -2.30. The van der Waals surface area contributed by atoms with E-state index in [9.17, 15) is 9.18 Å². The molecule has 0 amide bonds. The van der Waals surface area contributed by atoms with Gasteiger partial charge in [0.15, 0.2) is 5.76 Å². The Labute approximate surface area is 185 Å². The van der Waals surface area contributed by atoms with E-state index in [0.29, 0.717) is 36.7 Å². The third-order valence-corrected chi connectivity index (χ3v) is 5.72. The van der Waals surface area contributed by atoms with Crippen LogP contribution < -0.4 is 14.2 Å². The molecule has 0 saturated carbocycles. The highest BCUT2D eigenvalue weighted by Gasteiger charge is 2.35. The predicted molar refractivity (Wildman–Crippen MR) is 118 cm³/mol. The zero-order valence-corrected chi connectivity index (χ0v) is 17.9. The van der Waals surface area contributed by atoms with Crippen molar-refractivity contribution in [3.05, 3.63) is 94.0 Å². The number of methoxy groups -OCH3 is 1. The number of fused-ring (bicyclic) bond motifs is 3. The van der Waals surface area contributed by atoms with Crippen LogP contribution in [0.1, 0.15) is 32.6 Å². The highest BCUT2D eigenvalue weighted by molar-refractivity contribution is 6.15. The molecule has 32 heavy (non-hydrogen) atoms. The zero-order chi connectivity index (χ0) is 22.2. The summed E-state index contributed by atoms with van der Waals surface area (Å²) in [5, 5.41) is 0. The summed E-state index contributed by atoms with van der Waals surface area (Å²) in [6, 6.07) is 15.8. The van der Waals surface area contributed by atoms with E-state index in [1.165, 1.54) is 12.1 Å². The molecule has 0 bridgehead atoms. The van der Waals surface area contributed by atoms with E-state index in [2.05, 4.69) is 4.90 Å². The molecule has 3 aromatic carbocycles. The van der Waals surface area contributed by atoms with E-state index >= 15 is 0 Å². The van der Waals surface area contributed by atoms with E-state index < -0.39 is 0 Å². The van der Waals surface area contributed by atoms with Gasteiger partial charge in [-0.15, -0.1) is 0 Å². The minimum absolute atomic E-state index is 0.184. The van der Waals surface area contributed by atoms with Crippen molar-refractivity contribution in [3.63, 3.8) is 0 Å². The van der Waals surface area contributed by atoms with Gasteiger partial charge in [-0.25, -0.2) is 4.39 Å². The molecular formula is C26H22FNO4. The SMILES string of the molecule is COc1ccccc1CN1COc2cc(C)c3c(c2C1)O/C(=C\c1cccc(F)c1)C3=O. The molecule has 6 heteroatoms. The molecule has 2 heterocycles. The van der Waals surface area contributed by atoms with Gasteiger partial charge in [0.05, 0.1) is 18.2 Å². The molecule has 0 aliphatic carbocycles. The molecule has 3 aromatic rings. The first kappa shape index (κ1) is 20.3. The van der Waals surface area contributed by atoms with Gasteiger partial charge < -0.3 is 14.2 Å². The zero-order valence-electron chi connectivity index (χ0n) is 17.9. The van der Waals surface area contributed by atoms with Crippen molar-refractivity contribution in [2.75, 3.05) is 13.8 Å². The number of carbonyl (C=O) groups is 1. The van der Waals surface area contributed by atoms with Crippen molar-refractivity contribution >= 4 is 11.9 Å². The number of benzene rings is 3. The van der Waals surface area contributed by atoms with Gasteiger partial charge in [0.1, 0.15) is 29.8 Å². The molecular weight excluding hydrogens is 409 g/mol. The van der Waals surface area contributed by atoms with E-state index in [1.807, 2.05) is 37.3 Å². The number of ether oxygens (including phenoxy) is 3. The van der Waals surface area contributed by atoms with Crippen LogP contribution in [0.15, 0.2) is 60.4 Å². The smallest absolute Gasteiger partial charge is 0.232 e. The largest absolute Gasteiger partial charge is 0.496 e. The van der Waals surface area contributed by atoms with Crippen molar-refractivity contribution < 1.29 is 23.4 Å². The molecule has 5 rings (SSSR count). The first-order valence-corrected chi connectivity index (χ1v) is 10.4. The van der Waals surface area contributed by atoms with Crippen LogP contribution in [-0.2, 0) is 13.1 Å². The monoisotopic (exact) mass is 431 g/mol. The number of rotatable bonds is 4. The molecule has 162 valence electrons. The third-order valence-electron chi connectivity index (χ3n) is 5.72. The Morgan fingerprint density at radius 1 is 1.16 bits per heavy atom. The molecule has 2 aliphatic heterocycles. The second-order valence-electron chi connectivity index (χ2n) is 7.94. The highest BCUT2D eigenvalue weighted by Crippen LogP contribution is 2.44. The van der Waals surface area contributed by atoms with Crippen LogP contribution in [0.4, 0.5) is 4.39 Å². The van der Waals surface area contributed by atoms with Gasteiger partial charge in [-0.05, 0) is 48.4 Å². The summed E-state index contributed by atoms with van der Waals surface area (Å²) in [7, 11) is 1.66. The summed E-state index contributed by atoms with van der Waals surface area (Å²) in [5.74, 6) is 1.68. The molecule has 0 unspecified atom stereocenters. The number of para-hydroxylation sites is 1. The lowest BCUT2D eigenvalue weighted by atomic mass is 9.98. The Morgan fingerprint density at radius 2 is 2.00 bits per heavy atom. The molecule has 5 nitrogen and oxygen atoms in total. The van der Waals surface area contributed by atoms with E-state index in [4.69, 9.17) is 14.2 Å². The normalized spacial score (nSPS) is 16.3. The van der Waals surface area contributed by atoms with Gasteiger partial charge in [-0.2, -0.15) is 0 Å². The van der Waals surface area contributed by atoms with Crippen LogP contribution in [0, 0.1) is 12.7 Å². The molecule has 0 fully saturated rings. The van der Waals surface area contributed by atoms with Crippen LogP contribution in [0.25, 0.3) is 6.08 Å². The standard InChI is InChI=1S/C26H22FNO4/c1-16-10-22-20(14-28(15-31-22)13-18-7-3-4-9-21(18)30-2)26-24(16)25(29)23(32-26)12-17-6-5-8-19(27)11-17/h3-12H,13-15H2,1-2H3/b23-12-. The number of nitrogens with zero attached hydrogens (tertiary/aromatic N) is 1. The predicted octanol–water partition coefficient (Wildman–Crippen LogP) is 5.11. The second kappa shape index (κ2) is 8.13. The molecule has 0 atom stereocenters. The summed E-state index contributed by atoms with van der Waals surface area (Å²) in [6.07, 6.45) is 1.58. The summed E-state index contributed by atoms with van der Waals surface area (Å²) >= 11 is 0. The van der Waals surface area contributed by atoms with Gasteiger partial charge in [-0.3, -0.25) is 9.69 Å². The van der Waals surface area contributed by atoms with Crippen LogP contribution >= 0.6 is 0 Å². The van der Waals surface area contributed by atoms with E-state index in [1.54, 1.807) is 25.3 Å². The van der Waals surface area contributed by atoms with Crippen LogP contribution in [0.2, 0.25) is 0 Å². The number of aryl methyl sites for hydroxylation is 1. The van der Waals surface area contributed by atoms with Crippen molar-refractivity contribution in [3.8, 4) is 17.2 Å². The number of halogens is 1. The van der Waals surface area contributed by atoms with E-state index in [-0.39, 0.29) is 17.4 Å². The second-order valence-corrected chi connectivity index (χ2v) is 7.94. The first-order valence-electron chi connectivity index (χ1n) is 10.4. The summed E-state index contributed by atoms with van der Waals surface area (Å²) in [6.45, 7) is 3.49. The average Bonchev–Trinajstić information content (AvgIpc) is 3.11. The summed E-state index contributed by atoms with van der Waals surface area (Å²) in [5.41, 5.74) is 3.79. The van der Waals surface area contributed by atoms with E-state index in [0.717, 1.165) is 28.2 Å². The molecule has 0 aromatic heterocycles. The molecule has 0 radical (unpaired) electrons. The molecule has 0 spiro atoms. The Kier molecular flexibility index (Phi) is 5.15. The number of allylic oxidation sites excluding steroid dienone is 1. The number of carbonyl (C=O) groups excluding carboxylic acids is 1. The topological polar surface area (TPSA) is 48.0 Å². The minimum Gasteiger partial charge on any atom is -0.496 e. The maximum atomic E-state index is 13.6. The fourth-order valence-electron chi connectivity index (χ4n) is 4.20. The number of hydrogen-bond donors (Lipinski definition) is 0. The lowest BCUT2D eigenvalue weighted by molar-refractivity contribution is 0.0864. The van der Waals surface area contributed by atoms with Crippen molar-refractivity contribution in [2.45, 2.75) is 20.0 Å². The minimum atomic E-state index is -0.365. The Morgan fingerprint density at radius 3 is 2.81 bits per heavy atom. The Bertz CT molecular complexity index is 1250. The summed E-state index contributed by atoms with van der Waals surface area (Å²) in [4.78, 5) is 15.2. The van der Waals surface area contributed by atoms with Crippen LogP contribution in [0.3, 0.4) is 0 Å². The Balaban J connectivity index is 1.47. The van der Waals surface area contributed by atoms with Gasteiger partial charge in [0.25, 0.3) is 0 Å². The lowest BCUT2D eigenvalue weighted by Crippen LogP contribution is -2.32. The van der Waals surface area contributed by atoms with Crippen LogP contribution in [-0.4, -0.2) is 24.5 Å². The maximum absolute atomic E-state index is 13.6. The van der Waals surface area contributed by atoms with Gasteiger partial charge in [0.2, 0.25) is 5.78 Å². The average molecular weight is 431 g/mol. The van der Waals surface area contributed by atoms with Gasteiger partial charge in [-0.1, -0.05) is 30.3 Å². The summed E-state index contributed by atoms with van der Waals surface area (Å²) < 4.78 is 31.1. The number of hydrogen-bond acceptors (Lipinski definition) is 5. The van der Waals surface area contributed by atoms with Gasteiger partial charge >= 0.3 is 0 Å². The molecule has 0 N–H and O–H groups in total. The maximum Gasteiger partial charge on any atom is 0.232 e. The molecule has 0 saturated heterocycles. The Hall–Kier alpha value is -3.64. The fraction of sp³-hybridized carbons (Fsp3) is 0.192.